The summed E-state index contributed by atoms with van der Waals surface area (Å²) in [7, 11) is 0. The molecule has 7 heteroatoms. The van der Waals surface area contributed by atoms with Gasteiger partial charge < -0.3 is 16.4 Å². The van der Waals surface area contributed by atoms with Crippen LogP contribution in [-0.4, -0.2) is 15.8 Å². The standard InChI is InChI=1S/C23H20ClN5O/c24-18-11-13-19(14-12-18)29-22(25)21(20(28-29)17-9-5-2-6-10-17)27-23(30)26-15-16-7-3-1-4-8-16/h1-14H,15,25H2,(H2,26,27,30). The van der Waals surface area contributed by atoms with Crippen molar-refractivity contribution in [3.8, 4) is 16.9 Å². The number of carbonyl (C=O) groups excluding carboxylic acids is 1. The Kier molecular flexibility index (Phi) is 5.68. The van der Waals surface area contributed by atoms with E-state index in [0.29, 0.717) is 28.8 Å². The lowest BCUT2D eigenvalue weighted by atomic mass is 10.1. The highest BCUT2D eigenvalue weighted by atomic mass is 35.5. The van der Waals surface area contributed by atoms with Crippen molar-refractivity contribution in [2.45, 2.75) is 6.54 Å². The van der Waals surface area contributed by atoms with Gasteiger partial charge in [-0.25, -0.2) is 9.48 Å². The molecule has 0 spiro atoms. The van der Waals surface area contributed by atoms with Gasteiger partial charge >= 0.3 is 6.03 Å². The number of nitrogen functional groups attached to an aromatic ring is 1. The lowest BCUT2D eigenvalue weighted by Gasteiger charge is -2.09. The Morgan fingerprint density at radius 3 is 2.23 bits per heavy atom. The Balaban J connectivity index is 1.65. The molecule has 1 heterocycles. The van der Waals surface area contributed by atoms with Gasteiger partial charge in [-0.3, -0.25) is 0 Å². The van der Waals surface area contributed by atoms with Crippen molar-refractivity contribution in [3.63, 3.8) is 0 Å². The smallest absolute Gasteiger partial charge is 0.319 e. The number of amides is 2. The van der Waals surface area contributed by atoms with E-state index < -0.39 is 0 Å². The molecule has 0 atom stereocenters. The Morgan fingerprint density at radius 1 is 0.933 bits per heavy atom. The quantitative estimate of drug-likeness (QED) is 0.422. The first kappa shape index (κ1) is 19.5. The summed E-state index contributed by atoms with van der Waals surface area (Å²) in [5.74, 6) is 0.325. The van der Waals surface area contributed by atoms with Crippen LogP contribution in [0.5, 0.6) is 0 Å². The molecule has 30 heavy (non-hydrogen) atoms. The summed E-state index contributed by atoms with van der Waals surface area (Å²) in [6.45, 7) is 0.401. The van der Waals surface area contributed by atoms with Crippen molar-refractivity contribution in [1.29, 1.82) is 0 Å². The molecule has 0 bridgehead atoms. The van der Waals surface area contributed by atoms with Crippen LogP contribution < -0.4 is 16.4 Å². The van der Waals surface area contributed by atoms with Crippen molar-refractivity contribution >= 4 is 29.1 Å². The zero-order valence-corrected chi connectivity index (χ0v) is 16.8. The predicted molar refractivity (Wildman–Crippen MR) is 121 cm³/mol. The Morgan fingerprint density at radius 2 is 1.57 bits per heavy atom. The molecule has 6 nitrogen and oxygen atoms in total. The monoisotopic (exact) mass is 417 g/mol. The fraction of sp³-hybridized carbons (Fsp3) is 0.0435. The van der Waals surface area contributed by atoms with E-state index in [1.165, 1.54) is 0 Å². The first-order chi connectivity index (χ1) is 14.6. The van der Waals surface area contributed by atoms with Crippen LogP contribution in [0.3, 0.4) is 0 Å². The minimum absolute atomic E-state index is 0.325. The first-order valence-electron chi connectivity index (χ1n) is 9.40. The van der Waals surface area contributed by atoms with E-state index in [1.807, 2.05) is 72.8 Å². The Labute approximate surface area is 179 Å². The summed E-state index contributed by atoms with van der Waals surface area (Å²) in [6, 6.07) is 26.1. The van der Waals surface area contributed by atoms with Gasteiger partial charge in [0.05, 0.1) is 5.69 Å². The van der Waals surface area contributed by atoms with Gasteiger partial charge in [-0.05, 0) is 29.8 Å². The molecule has 2 amide bonds. The van der Waals surface area contributed by atoms with E-state index in [9.17, 15) is 4.79 Å². The number of nitrogens with zero attached hydrogens (tertiary/aromatic N) is 2. The number of nitrogens with one attached hydrogen (secondary N) is 2. The third-order valence-corrected chi connectivity index (χ3v) is 4.83. The highest BCUT2D eigenvalue weighted by Crippen LogP contribution is 2.34. The van der Waals surface area contributed by atoms with Crippen molar-refractivity contribution in [2.24, 2.45) is 0 Å². The number of benzene rings is 3. The van der Waals surface area contributed by atoms with Crippen LogP contribution in [0.4, 0.5) is 16.3 Å². The largest absolute Gasteiger partial charge is 0.382 e. The van der Waals surface area contributed by atoms with Gasteiger partial charge in [0, 0.05) is 17.1 Å². The fourth-order valence-corrected chi connectivity index (χ4v) is 3.19. The molecule has 0 aliphatic rings. The number of rotatable bonds is 5. The first-order valence-corrected chi connectivity index (χ1v) is 9.78. The van der Waals surface area contributed by atoms with Gasteiger partial charge in [-0.15, -0.1) is 0 Å². The van der Waals surface area contributed by atoms with Crippen LogP contribution in [0.15, 0.2) is 84.9 Å². The highest BCUT2D eigenvalue weighted by Gasteiger charge is 2.20. The molecule has 0 aliphatic carbocycles. The number of nitrogens with two attached hydrogens (primary N) is 1. The van der Waals surface area contributed by atoms with E-state index in [4.69, 9.17) is 17.3 Å². The molecule has 1 aromatic heterocycles. The van der Waals surface area contributed by atoms with Crippen LogP contribution >= 0.6 is 11.6 Å². The Hall–Kier alpha value is -3.77. The molecular formula is C23H20ClN5O. The zero-order valence-electron chi connectivity index (χ0n) is 16.0. The highest BCUT2D eigenvalue weighted by molar-refractivity contribution is 6.30. The molecule has 0 saturated heterocycles. The lowest BCUT2D eigenvalue weighted by molar-refractivity contribution is 0.252. The molecule has 4 N–H and O–H groups in total. The average molecular weight is 418 g/mol. The van der Waals surface area contributed by atoms with Gasteiger partial charge in [-0.2, -0.15) is 5.10 Å². The van der Waals surface area contributed by atoms with Crippen LogP contribution in [0, 0.1) is 0 Å². The van der Waals surface area contributed by atoms with Gasteiger partial charge in [-0.1, -0.05) is 72.3 Å². The topological polar surface area (TPSA) is 85.0 Å². The number of anilines is 2. The van der Waals surface area contributed by atoms with E-state index in [1.54, 1.807) is 16.8 Å². The van der Waals surface area contributed by atoms with Gasteiger partial charge in [0.2, 0.25) is 0 Å². The minimum Gasteiger partial charge on any atom is -0.382 e. The summed E-state index contributed by atoms with van der Waals surface area (Å²) in [5, 5.41) is 11.0. The number of hydrogen-bond donors (Lipinski definition) is 3. The molecule has 150 valence electrons. The second kappa shape index (κ2) is 8.71. The molecule has 0 fully saturated rings. The molecule has 0 aliphatic heterocycles. The molecule has 4 aromatic rings. The fourth-order valence-electron chi connectivity index (χ4n) is 3.07. The summed E-state index contributed by atoms with van der Waals surface area (Å²) in [5.41, 5.74) is 10.0. The van der Waals surface area contributed by atoms with Crippen molar-refractivity contribution < 1.29 is 4.79 Å². The van der Waals surface area contributed by atoms with Crippen LogP contribution in [0.1, 0.15) is 5.56 Å². The molecule has 4 rings (SSSR count). The van der Waals surface area contributed by atoms with Crippen molar-refractivity contribution in [2.75, 3.05) is 11.1 Å². The minimum atomic E-state index is -0.363. The average Bonchev–Trinajstić information content (AvgIpc) is 3.10. The normalized spacial score (nSPS) is 10.6. The van der Waals surface area contributed by atoms with E-state index in [0.717, 1.165) is 16.8 Å². The molecule has 0 saturated carbocycles. The Bertz CT molecular complexity index is 1140. The summed E-state index contributed by atoms with van der Waals surface area (Å²) in [6.07, 6.45) is 0. The molecule has 0 unspecified atom stereocenters. The number of aromatic nitrogens is 2. The summed E-state index contributed by atoms with van der Waals surface area (Å²) < 4.78 is 1.59. The number of urea groups is 1. The summed E-state index contributed by atoms with van der Waals surface area (Å²) in [4.78, 5) is 12.6. The van der Waals surface area contributed by atoms with Crippen LogP contribution in [0.25, 0.3) is 16.9 Å². The van der Waals surface area contributed by atoms with Gasteiger partial charge in [0.25, 0.3) is 0 Å². The van der Waals surface area contributed by atoms with Crippen LogP contribution in [0.2, 0.25) is 5.02 Å². The van der Waals surface area contributed by atoms with E-state index >= 15 is 0 Å². The molecule has 3 aromatic carbocycles. The summed E-state index contributed by atoms with van der Waals surface area (Å²) >= 11 is 6.00. The number of hydrogen-bond acceptors (Lipinski definition) is 3. The van der Waals surface area contributed by atoms with Gasteiger partial charge in [0.15, 0.2) is 5.82 Å². The third kappa shape index (κ3) is 4.29. The predicted octanol–water partition coefficient (Wildman–Crippen LogP) is 5.10. The maximum Gasteiger partial charge on any atom is 0.319 e. The molecular weight excluding hydrogens is 398 g/mol. The second-order valence-electron chi connectivity index (χ2n) is 6.66. The van der Waals surface area contributed by atoms with E-state index in [2.05, 4.69) is 15.7 Å². The maximum absolute atomic E-state index is 12.6. The van der Waals surface area contributed by atoms with Crippen LogP contribution in [-0.2, 0) is 6.54 Å². The number of carbonyl (C=O) groups is 1. The lowest BCUT2D eigenvalue weighted by Crippen LogP contribution is -2.28. The second-order valence-corrected chi connectivity index (χ2v) is 7.09. The zero-order chi connectivity index (χ0) is 20.9. The SMILES string of the molecule is Nc1c(NC(=O)NCc2ccccc2)c(-c2ccccc2)nn1-c1ccc(Cl)cc1. The van der Waals surface area contributed by atoms with Crippen molar-refractivity contribution in [3.05, 3.63) is 95.5 Å². The maximum atomic E-state index is 12.6. The van der Waals surface area contributed by atoms with Crippen molar-refractivity contribution in [1.82, 2.24) is 15.1 Å². The number of halogens is 1. The molecule has 0 radical (unpaired) electrons. The van der Waals surface area contributed by atoms with E-state index in [-0.39, 0.29) is 6.03 Å². The third-order valence-electron chi connectivity index (χ3n) is 4.57. The van der Waals surface area contributed by atoms with Gasteiger partial charge in [0.1, 0.15) is 11.4 Å².